The average molecular weight is 294 g/mol. The van der Waals surface area contributed by atoms with E-state index in [0.29, 0.717) is 11.3 Å². The molecule has 0 aliphatic heterocycles. The maximum Gasteiger partial charge on any atom is 0.270 e. The van der Waals surface area contributed by atoms with Crippen molar-refractivity contribution in [3.8, 4) is 11.3 Å². The van der Waals surface area contributed by atoms with Crippen LogP contribution >= 0.6 is 11.6 Å². The molecule has 1 aromatic heterocycles. The summed E-state index contributed by atoms with van der Waals surface area (Å²) in [4.78, 5) is 32.5. The second-order valence-corrected chi connectivity index (χ2v) is 4.37. The molecule has 0 saturated carbocycles. The van der Waals surface area contributed by atoms with Gasteiger partial charge in [-0.25, -0.2) is 5.10 Å². The van der Waals surface area contributed by atoms with Crippen molar-refractivity contribution in [2.75, 3.05) is 0 Å². The molecule has 0 aliphatic rings. The lowest BCUT2D eigenvalue weighted by Crippen LogP contribution is -2.16. The van der Waals surface area contributed by atoms with E-state index in [1.54, 1.807) is 6.07 Å². The molecular weight excluding hydrogens is 286 g/mol. The number of hydrogen-bond acceptors (Lipinski definition) is 5. The Hall–Kier alpha value is -2.54. The van der Waals surface area contributed by atoms with Crippen LogP contribution in [-0.4, -0.2) is 20.4 Å². The van der Waals surface area contributed by atoms with Crippen LogP contribution in [0.4, 0.5) is 5.69 Å². The molecule has 8 heteroatoms. The standard InChI is InChI=1S/C12H8ClN3O4/c13-11(17)6-8-5-10(14-15-12(8)18)7-2-1-3-9(4-7)16(19)20/h1-5H,6H2,(H,15,18). The van der Waals surface area contributed by atoms with E-state index in [1.165, 1.54) is 24.3 Å². The van der Waals surface area contributed by atoms with Crippen molar-refractivity contribution in [2.24, 2.45) is 0 Å². The minimum atomic E-state index is -0.674. The summed E-state index contributed by atoms with van der Waals surface area (Å²) in [6.45, 7) is 0. The first-order valence-electron chi connectivity index (χ1n) is 5.49. The highest BCUT2D eigenvalue weighted by Crippen LogP contribution is 2.21. The predicted molar refractivity (Wildman–Crippen MR) is 71.5 cm³/mol. The Kier molecular flexibility index (Phi) is 3.90. The number of halogens is 1. The molecule has 0 fully saturated rings. The van der Waals surface area contributed by atoms with Crippen molar-refractivity contribution in [3.63, 3.8) is 0 Å². The van der Waals surface area contributed by atoms with Gasteiger partial charge in [-0.15, -0.1) is 0 Å². The topological polar surface area (TPSA) is 106 Å². The van der Waals surface area contributed by atoms with Crippen LogP contribution in [0, 0.1) is 10.1 Å². The molecule has 1 N–H and O–H groups in total. The van der Waals surface area contributed by atoms with Gasteiger partial charge >= 0.3 is 0 Å². The Bertz CT molecular complexity index is 741. The molecule has 0 spiro atoms. The van der Waals surface area contributed by atoms with Crippen molar-refractivity contribution < 1.29 is 9.72 Å². The van der Waals surface area contributed by atoms with Crippen LogP contribution in [0.15, 0.2) is 35.1 Å². The molecule has 0 bridgehead atoms. The lowest BCUT2D eigenvalue weighted by Gasteiger charge is -2.02. The highest BCUT2D eigenvalue weighted by molar-refractivity contribution is 6.63. The average Bonchev–Trinajstić information content (AvgIpc) is 2.41. The first kappa shape index (κ1) is 13.9. The fraction of sp³-hybridized carbons (Fsp3) is 0.0833. The summed E-state index contributed by atoms with van der Waals surface area (Å²) in [5.74, 6) is 0. The molecule has 0 radical (unpaired) electrons. The Morgan fingerprint density at radius 1 is 1.40 bits per heavy atom. The molecule has 0 aliphatic carbocycles. The van der Waals surface area contributed by atoms with Gasteiger partial charge in [-0.05, 0) is 17.7 Å². The fourth-order valence-corrected chi connectivity index (χ4v) is 1.80. The third kappa shape index (κ3) is 3.07. The van der Waals surface area contributed by atoms with E-state index in [0.717, 1.165) is 0 Å². The van der Waals surface area contributed by atoms with E-state index in [9.17, 15) is 19.7 Å². The highest BCUT2D eigenvalue weighted by atomic mass is 35.5. The Morgan fingerprint density at radius 2 is 2.15 bits per heavy atom. The van der Waals surface area contributed by atoms with Gasteiger partial charge in [-0.2, -0.15) is 5.10 Å². The van der Waals surface area contributed by atoms with Gasteiger partial charge in [-0.3, -0.25) is 19.7 Å². The van der Waals surface area contributed by atoms with Crippen LogP contribution in [0.2, 0.25) is 0 Å². The number of carbonyl (C=O) groups excluding carboxylic acids is 1. The predicted octanol–water partition coefficient (Wildman–Crippen LogP) is 1.65. The van der Waals surface area contributed by atoms with Gasteiger partial charge in [0.05, 0.1) is 17.0 Å². The number of aromatic amines is 1. The summed E-state index contributed by atoms with van der Waals surface area (Å²) in [6, 6.07) is 7.18. The van der Waals surface area contributed by atoms with Gasteiger partial charge in [-0.1, -0.05) is 12.1 Å². The van der Waals surface area contributed by atoms with Crippen LogP contribution in [0.3, 0.4) is 0 Å². The SMILES string of the molecule is O=C(Cl)Cc1cc(-c2cccc([N+](=O)[O-])c2)n[nH]c1=O. The normalized spacial score (nSPS) is 10.2. The smallest absolute Gasteiger partial charge is 0.270 e. The Balaban J connectivity index is 2.47. The van der Waals surface area contributed by atoms with E-state index in [-0.39, 0.29) is 17.7 Å². The summed E-state index contributed by atoms with van der Waals surface area (Å²) >= 11 is 5.25. The molecule has 2 rings (SSSR count). The molecule has 0 unspecified atom stereocenters. The number of nitro benzene ring substituents is 1. The van der Waals surface area contributed by atoms with Gasteiger partial charge in [0.15, 0.2) is 0 Å². The van der Waals surface area contributed by atoms with Crippen molar-refractivity contribution >= 4 is 22.5 Å². The van der Waals surface area contributed by atoms with Crippen LogP contribution in [-0.2, 0) is 11.2 Å². The fourth-order valence-electron chi connectivity index (χ4n) is 1.65. The summed E-state index contributed by atoms with van der Waals surface area (Å²) in [7, 11) is 0. The van der Waals surface area contributed by atoms with Gasteiger partial charge in [0.1, 0.15) is 0 Å². The molecule has 102 valence electrons. The molecular formula is C12H8ClN3O4. The Morgan fingerprint density at radius 3 is 2.80 bits per heavy atom. The molecule has 7 nitrogen and oxygen atoms in total. The number of aromatic nitrogens is 2. The summed E-state index contributed by atoms with van der Waals surface area (Å²) < 4.78 is 0. The highest BCUT2D eigenvalue weighted by Gasteiger charge is 2.11. The van der Waals surface area contributed by atoms with Crippen LogP contribution < -0.4 is 5.56 Å². The summed E-state index contributed by atoms with van der Waals surface area (Å²) in [6.07, 6.45) is -0.235. The Labute approximate surface area is 117 Å². The van der Waals surface area contributed by atoms with Gasteiger partial charge in [0, 0.05) is 23.3 Å². The van der Waals surface area contributed by atoms with E-state index in [1.807, 2.05) is 0 Å². The molecule has 0 saturated heterocycles. The molecule has 20 heavy (non-hydrogen) atoms. The summed E-state index contributed by atoms with van der Waals surface area (Å²) in [5, 5.41) is 16.1. The molecule has 1 aromatic carbocycles. The van der Waals surface area contributed by atoms with Gasteiger partial charge in [0.2, 0.25) is 5.24 Å². The minimum absolute atomic E-state index is 0.0922. The number of carbonyl (C=O) groups is 1. The van der Waals surface area contributed by atoms with Crippen molar-refractivity contribution in [3.05, 3.63) is 56.4 Å². The number of nitrogens with zero attached hydrogens (tertiary/aromatic N) is 2. The monoisotopic (exact) mass is 293 g/mol. The van der Waals surface area contributed by atoms with Crippen molar-refractivity contribution in [1.29, 1.82) is 0 Å². The third-order valence-corrected chi connectivity index (χ3v) is 2.70. The number of H-pyrrole nitrogens is 1. The second-order valence-electron chi connectivity index (χ2n) is 3.95. The maximum atomic E-state index is 11.5. The lowest BCUT2D eigenvalue weighted by molar-refractivity contribution is -0.384. The van der Waals surface area contributed by atoms with E-state index in [4.69, 9.17) is 11.6 Å². The van der Waals surface area contributed by atoms with Crippen molar-refractivity contribution in [1.82, 2.24) is 10.2 Å². The number of non-ortho nitro benzene ring substituents is 1. The number of rotatable bonds is 4. The third-order valence-electron chi connectivity index (χ3n) is 2.56. The zero-order chi connectivity index (χ0) is 14.7. The van der Waals surface area contributed by atoms with Gasteiger partial charge < -0.3 is 0 Å². The second kappa shape index (κ2) is 5.62. The number of hydrogen-bond donors (Lipinski definition) is 1. The first-order chi connectivity index (χ1) is 9.47. The largest absolute Gasteiger partial charge is 0.281 e. The minimum Gasteiger partial charge on any atom is -0.281 e. The van der Waals surface area contributed by atoms with Crippen LogP contribution in [0.1, 0.15) is 5.56 Å². The lowest BCUT2D eigenvalue weighted by atomic mass is 10.1. The van der Waals surface area contributed by atoms with Crippen molar-refractivity contribution in [2.45, 2.75) is 6.42 Å². The molecule has 0 atom stereocenters. The molecule has 1 heterocycles. The van der Waals surface area contributed by atoms with Gasteiger partial charge in [0.25, 0.3) is 11.2 Å². The number of nitrogens with one attached hydrogen (secondary N) is 1. The van der Waals surface area contributed by atoms with E-state index in [2.05, 4.69) is 10.2 Å². The number of benzene rings is 1. The molecule has 0 amide bonds. The first-order valence-corrected chi connectivity index (χ1v) is 5.87. The van der Waals surface area contributed by atoms with E-state index < -0.39 is 15.7 Å². The number of nitro groups is 1. The zero-order valence-corrected chi connectivity index (χ0v) is 10.8. The maximum absolute atomic E-state index is 11.5. The van der Waals surface area contributed by atoms with Crippen LogP contribution in [0.25, 0.3) is 11.3 Å². The zero-order valence-electron chi connectivity index (χ0n) is 10.00. The van der Waals surface area contributed by atoms with Crippen LogP contribution in [0.5, 0.6) is 0 Å². The molecule has 2 aromatic rings. The summed E-state index contributed by atoms with van der Waals surface area (Å²) in [5.41, 5.74) is 0.320. The van der Waals surface area contributed by atoms with E-state index >= 15 is 0 Å². The quantitative estimate of drug-likeness (QED) is 0.524.